The van der Waals surface area contributed by atoms with Crippen LogP contribution < -0.4 is 0 Å². The highest BCUT2D eigenvalue weighted by Gasteiger charge is 1.82. The summed E-state index contributed by atoms with van der Waals surface area (Å²) in [6.07, 6.45) is 5.76. The lowest BCUT2D eigenvalue weighted by atomic mass is 10.4. The molecule has 0 aromatic heterocycles. The molecule has 2 nitrogen and oxygen atoms in total. The molecule has 0 aliphatic heterocycles. The maximum atomic E-state index is 8.24. The van der Waals surface area contributed by atoms with E-state index in [0.717, 1.165) is 19.4 Å². The number of unbranched alkanes of at least 4 members (excludes halogenated alkanes) is 1. The number of ether oxygens (including phenoxy) is 1. The molecule has 1 N–H and O–H groups in total. The molecule has 0 rings (SSSR count). The topological polar surface area (TPSA) is 29.5 Å². The SMILES string of the molecule is C=CC.C=CC.CCCCOCCO. The van der Waals surface area contributed by atoms with Crippen molar-refractivity contribution in [2.75, 3.05) is 19.8 Å². The molecule has 0 bridgehead atoms. The first kappa shape index (κ1) is 19.0. The van der Waals surface area contributed by atoms with Crippen molar-refractivity contribution in [3.8, 4) is 0 Å². The Hall–Kier alpha value is -0.600. The minimum Gasteiger partial charge on any atom is -0.394 e. The summed E-state index contributed by atoms with van der Waals surface area (Å²) in [4.78, 5) is 0. The third-order valence-corrected chi connectivity index (χ3v) is 0.878. The van der Waals surface area contributed by atoms with Gasteiger partial charge in [-0.25, -0.2) is 0 Å². The van der Waals surface area contributed by atoms with Crippen LogP contribution in [0, 0.1) is 0 Å². The number of rotatable bonds is 5. The predicted octanol–water partition coefficient (Wildman–Crippen LogP) is 3.18. The molecule has 0 aromatic rings. The van der Waals surface area contributed by atoms with Crippen LogP contribution >= 0.6 is 0 Å². The van der Waals surface area contributed by atoms with Gasteiger partial charge in [0, 0.05) is 6.61 Å². The minimum absolute atomic E-state index is 0.143. The second kappa shape index (κ2) is 29.4. The Morgan fingerprint density at radius 1 is 1.14 bits per heavy atom. The van der Waals surface area contributed by atoms with Crippen molar-refractivity contribution in [1.82, 2.24) is 0 Å². The van der Waals surface area contributed by atoms with E-state index in [4.69, 9.17) is 9.84 Å². The highest BCUT2D eigenvalue weighted by atomic mass is 16.5. The molecule has 0 aliphatic carbocycles. The molecular weight excluding hydrogens is 176 g/mol. The average Bonchev–Trinajstić information content (AvgIpc) is 2.15. The Labute approximate surface area is 89.3 Å². The number of aliphatic hydroxyl groups is 1. The van der Waals surface area contributed by atoms with Gasteiger partial charge < -0.3 is 9.84 Å². The fourth-order valence-electron chi connectivity index (χ4n) is 0.413. The van der Waals surface area contributed by atoms with Gasteiger partial charge in [-0.2, -0.15) is 0 Å². The molecule has 0 saturated carbocycles. The van der Waals surface area contributed by atoms with Crippen LogP contribution in [0.4, 0.5) is 0 Å². The second-order valence-corrected chi connectivity index (χ2v) is 2.51. The molecule has 0 heterocycles. The maximum Gasteiger partial charge on any atom is 0.0697 e. The Bertz CT molecular complexity index is 78.3. The lowest BCUT2D eigenvalue weighted by Gasteiger charge is -1.97. The number of aliphatic hydroxyl groups excluding tert-OH is 1. The van der Waals surface area contributed by atoms with E-state index in [1.54, 1.807) is 12.2 Å². The highest BCUT2D eigenvalue weighted by molar-refractivity contribution is 4.51. The Balaban J connectivity index is -0.000000168. The standard InChI is InChI=1S/C6H14O2.2C3H6/c1-2-3-5-8-6-4-7;2*1-3-2/h7H,2-6H2,1H3;2*3H,1H2,2H3. The summed E-state index contributed by atoms with van der Waals surface area (Å²) >= 11 is 0. The first-order chi connectivity index (χ1) is 6.74. The first-order valence-electron chi connectivity index (χ1n) is 5.07. The fraction of sp³-hybridized carbons (Fsp3) is 0.667. The Morgan fingerprint density at radius 3 is 1.86 bits per heavy atom. The van der Waals surface area contributed by atoms with E-state index in [9.17, 15) is 0 Å². The summed E-state index contributed by atoms with van der Waals surface area (Å²) in [6, 6.07) is 0. The van der Waals surface area contributed by atoms with Gasteiger partial charge in [-0.05, 0) is 20.3 Å². The maximum absolute atomic E-state index is 8.24. The van der Waals surface area contributed by atoms with E-state index in [1.165, 1.54) is 0 Å². The molecular formula is C12H26O2. The van der Waals surface area contributed by atoms with Gasteiger partial charge in [0.05, 0.1) is 13.2 Å². The summed E-state index contributed by atoms with van der Waals surface area (Å²) in [5.41, 5.74) is 0. The van der Waals surface area contributed by atoms with E-state index in [2.05, 4.69) is 20.1 Å². The Morgan fingerprint density at radius 2 is 1.57 bits per heavy atom. The van der Waals surface area contributed by atoms with Crippen molar-refractivity contribution in [3.05, 3.63) is 25.3 Å². The zero-order valence-corrected chi connectivity index (χ0v) is 9.96. The van der Waals surface area contributed by atoms with E-state index >= 15 is 0 Å². The third kappa shape index (κ3) is 63.7. The molecule has 0 fully saturated rings. The zero-order valence-electron chi connectivity index (χ0n) is 9.96. The summed E-state index contributed by atoms with van der Waals surface area (Å²) in [6.45, 7) is 14.0. The summed E-state index contributed by atoms with van der Waals surface area (Å²) in [5, 5.41) is 8.24. The van der Waals surface area contributed by atoms with Crippen LogP contribution in [0.3, 0.4) is 0 Å². The quantitative estimate of drug-likeness (QED) is 0.548. The molecule has 0 unspecified atom stereocenters. The van der Waals surface area contributed by atoms with Crippen molar-refractivity contribution in [2.45, 2.75) is 33.6 Å². The number of hydrogen-bond donors (Lipinski definition) is 1. The molecule has 0 radical (unpaired) electrons. The smallest absolute Gasteiger partial charge is 0.0697 e. The summed E-state index contributed by atoms with van der Waals surface area (Å²) in [7, 11) is 0. The molecule has 0 aromatic carbocycles. The van der Waals surface area contributed by atoms with Crippen molar-refractivity contribution in [3.63, 3.8) is 0 Å². The van der Waals surface area contributed by atoms with Gasteiger partial charge in [0.1, 0.15) is 0 Å². The number of hydrogen-bond acceptors (Lipinski definition) is 2. The molecule has 0 spiro atoms. The minimum atomic E-state index is 0.143. The van der Waals surface area contributed by atoms with Gasteiger partial charge in [0.2, 0.25) is 0 Å². The van der Waals surface area contributed by atoms with Crippen molar-refractivity contribution in [1.29, 1.82) is 0 Å². The van der Waals surface area contributed by atoms with Crippen LogP contribution in [0.5, 0.6) is 0 Å². The van der Waals surface area contributed by atoms with Gasteiger partial charge in [0.25, 0.3) is 0 Å². The van der Waals surface area contributed by atoms with Crippen molar-refractivity contribution in [2.24, 2.45) is 0 Å². The monoisotopic (exact) mass is 202 g/mol. The fourth-order valence-corrected chi connectivity index (χ4v) is 0.413. The van der Waals surface area contributed by atoms with Gasteiger partial charge in [-0.15, -0.1) is 13.2 Å². The molecule has 2 heteroatoms. The third-order valence-electron chi connectivity index (χ3n) is 0.878. The Kier molecular flexibility index (Phi) is 40.0. The molecule has 14 heavy (non-hydrogen) atoms. The van der Waals surface area contributed by atoms with Gasteiger partial charge in [-0.1, -0.05) is 25.5 Å². The van der Waals surface area contributed by atoms with Gasteiger partial charge in [0.15, 0.2) is 0 Å². The molecule has 0 atom stereocenters. The largest absolute Gasteiger partial charge is 0.394 e. The molecule has 0 saturated heterocycles. The average molecular weight is 202 g/mol. The van der Waals surface area contributed by atoms with Crippen LogP contribution in [0.25, 0.3) is 0 Å². The summed E-state index contributed by atoms with van der Waals surface area (Å²) < 4.78 is 4.97. The van der Waals surface area contributed by atoms with E-state index < -0.39 is 0 Å². The van der Waals surface area contributed by atoms with Crippen LogP contribution in [-0.2, 0) is 4.74 Å². The summed E-state index contributed by atoms with van der Waals surface area (Å²) in [5.74, 6) is 0. The van der Waals surface area contributed by atoms with Crippen LogP contribution in [0.2, 0.25) is 0 Å². The predicted molar refractivity (Wildman–Crippen MR) is 64.6 cm³/mol. The van der Waals surface area contributed by atoms with E-state index in [1.807, 2.05) is 13.8 Å². The first-order valence-corrected chi connectivity index (χ1v) is 5.07. The van der Waals surface area contributed by atoms with E-state index in [-0.39, 0.29) is 6.61 Å². The van der Waals surface area contributed by atoms with Crippen LogP contribution in [-0.4, -0.2) is 24.9 Å². The van der Waals surface area contributed by atoms with E-state index in [0.29, 0.717) is 6.61 Å². The van der Waals surface area contributed by atoms with Crippen molar-refractivity contribution < 1.29 is 9.84 Å². The molecule has 0 amide bonds. The normalized spacial score (nSPS) is 7.43. The molecule has 86 valence electrons. The zero-order chi connectivity index (χ0) is 11.7. The van der Waals surface area contributed by atoms with Gasteiger partial charge in [-0.3, -0.25) is 0 Å². The van der Waals surface area contributed by atoms with Crippen LogP contribution in [0.1, 0.15) is 33.6 Å². The lowest BCUT2D eigenvalue weighted by molar-refractivity contribution is 0.0904. The second-order valence-electron chi connectivity index (χ2n) is 2.51. The molecule has 0 aliphatic rings. The highest BCUT2D eigenvalue weighted by Crippen LogP contribution is 1.85. The number of allylic oxidation sites excluding steroid dienone is 2. The van der Waals surface area contributed by atoms with Crippen molar-refractivity contribution >= 4 is 0 Å². The van der Waals surface area contributed by atoms with Gasteiger partial charge >= 0.3 is 0 Å². The van der Waals surface area contributed by atoms with Crippen LogP contribution in [0.15, 0.2) is 25.3 Å². The lowest BCUT2D eigenvalue weighted by Crippen LogP contribution is -1.99.